The number of rotatable bonds is 7. The molecule has 1 N–H and O–H groups in total. The van der Waals surface area contributed by atoms with Crippen LogP contribution < -0.4 is 10.1 Å². The molecule has 0 radical (unpaired) electrons. The van der Waals surface area contributed by atoms with Gasteiger partial charge in [0, 0.05) is 17.5 Å². The third-order valence-corrected chi connectivity index (χ3v) is 4.51. The molecule has 0 saturated heterocycles. The van der Waals surface area contributed by atoms with Gasteiger partial charge in [-0.1, -0.05) is 44.2 Å². The second-order valence-corrected chi connectivity index (χ2v) is 6.65. The summed E-state index contributed by atoms with van der Waals surface area (Å²) < 4.78 is 5.15. The van der Waals surface area contributed by atoms with E-state index in [-0.39, 0.29) is 5.91 Å². The maximum Gasteiger partial charge on any atom is 0.234 e. The fraction of sp³-hybridized carbons (Fsp3) is 0.316. The number of carbonyl (C=O) groups is 1. The number of thioether (sulfide) groups is 1. The van der Waals surface area contributed by atoms with Crippen LogP contribution in [0.15, 0.2) is 48.5 Å². The van der Waals surface area contributed by atoms with Gasteiger partial charge in [-0.2, -0.15) is 0 Å². The van der Waals surface area contributed by atoms with Gasteiger partial charge in [-0.3, -0.25) is 4.79 Å². The molecule has 0 unspecified atom stereocenters. The standard InChI is InChI=1S/C19H23NO2S/c1-14(2)16-9-7-15(8-10-16)12-23-13-19(21)20-17-5-4-6-18(11-17)22-3/h4-11,14H,12-13H2,1-3H3,(H,20,21). The zero-order valence-corrected chi connectivity index (χ0v) is 14.7. The van der Waals surface area contributed by atoms with Crippen molar-refractivity contribution >= 4 is 23.4 Å². The number of hydrogen-bond donors (Lipinski definition) is 1. The van der Waals surface area contributed by atoms with Crippen LogP contribution in [0.1, 0.15) is 30.9 Å². The van der Waals surface area contributed by atoms with Crippen LogP contribution in [-0.4, -0.2) is 18.8 Å². The number of benzene rings is 2. The number of methoxy groups -OCH3 is 1. The van der Waals surface area contributed by atoms with Crippen LogP contribution in [-0.2, 0) is 10.5 Å². The zero-order valence-electron chi connectivity index (χ0n) is 13.8. The molecular formula is C19H23NO2S. The van der Waals surface area contributed by atoms with E-state index in [1.165, 1.54) is 11.1 Å². The molecule has 0 aromatic heterocycles. The quantitative estimate of drug-likeness (QED) is 0.801. The summed E-state index contributed by atoms with van der Waals surface area (Å²) in [7, 11) is 1.61. The van der Waals surface area contributed by atoms with Crippen molar-refractivity contribution in [2.24, 2.45) is 0 Å². The second kappa shape index (κ2) is 8.63. The second-order valence-electron chi connectivity index (χ2n) is 5.67. The first-order chi connectivity index (χ1) is 11.1. The number of anilines is 1. The summed E-state index contributed by atoms with van der Waals surface area (Å²) in [5.41, 5.74) is 3.35. The Balaban J connectivity index is 1.78. The van der Waals surface area contributed by atoms with Crippen LogP contribution in [0.4, 0.5) is 5.69 Å². The summed E-state index contributed by atoms with van der Waals surface area (Å²) >= 11 is 1.61. The highest BCUT2D eigenvalue weighted by atomic mass is 32.2. The largest absolute Gasteiger partial charge is 0.497 e. The molecule has 4 heteroatoms. The van der Waals surface area contributed by atoms with Crippen molar-refractivity contribution in [1.29, 1.82) is 0 Å². The van der Waals surface area contributed by atoms with Gasteiger partial charge in [0.1, 0.15) is 5.75 Å². The number of nitrogens with one attached hydrogen (secondary N) is 1. The molecule has 0 bridgehead atoms. The molecule has 2 aromatic rings. The van der Waals surface area contributed by atoms with Crippen LogP contribution in [0.5, 0.6) is 5.75 Å². The van der Waals surface area contributed by atoms with E-state index in [4.69, 9.17) is 4.74 Å². The normalized spacial score (nSPS) is 10.6. The molecule has 2 rings (SSSR count). The molecule has 2 aromatic carbocycles. The predicted octanol–water partition coefficient (Wildman–Crippen LogP) is 4.69. The van der Waals surface area contributed by atoms with Gasteiger partial charge >= 0.3 is 0 Å². The molecule has 0 spiro atoms. The van der Waals surface area contributed by atoms with Crippen LogP contribution in [0.3, 0.4) is 0 Å². The van der Waals surface area contributed by atoms with Crippen LogP contribution in [0.25, 0.3) is 0 Å². The lowest BCUT2D eigenvalue weighted by molar-refractivity contribution is -0.113. The van der Waals surface area contributed by atoms with Crippen LogP contribution >= 0.6 is 11.8 Å². The molecule has 3 nitrogen and oxygen atoms in total. The Morgan fingerprint density at radius 3 is 2.57 bits per heavy atom. The van der Waals surface area contributed by atoms with Gasteiger partial charge in [0.15, 0.2) is 0 Å². The third kappa shape index (κ3) is 5.64. The van der Waals surface area contributed by atoms with Crippen molar-refractivity contribution < 1.29 is 9.53 Å². The molecule has 1 amide bonds. The van der Waals surface area contributed by atoms with Crippen LogP contribution in [0, 0.1) is 0 Å². The first kappa shape index (κ1) is 17.4. The number of amides is 1. The fourth-order valence-corrected chi connectivity index (χ4v) is 2.95. The van der Waals surface area contributed by atoms with Crippen molar-refractivity contribution in [2.75, 3.05) is 18.2 Å². The predicted molar refractivity (Wildman–Crippen MR) is 98.3 cm³/mol. The molecule has 0 atom stereocenters. The maximum atomic E-state index is 12.0. The number of ether oxygens (including phenoxy) is 1. The highest BCUT2D eigenvalue weighted by Gasteiger charge is 2.04. The van der Waals surface area contributed by atoms with Crippen molar-refractivity contribution in [3.8, 4) is 5.75 Å². The van der Waals surface area contributed by atoms with Gasteiger partial charge in [-0.25, -0.2) is 0 Å². The summed E-state index contributed by atoms with van der Waals surface area (Å²) in [5, 5.41) is 2.89. The molecule has 0 aliphatic rings. The molecule has 0 aliphatic carbocycles. The van der Waals surface area contributed by atoms with Gasteiger partial charge in [0.25, 0.3) is 0 Å². The summed E-state index contributed by atoms with van der Waals surface area (Å²) in [6, 6.07) is 16.0. The van der Waals surface area contributed by atoms with E-state index in [0.29, 0.717) is 11.7 Å². The number of carbonyl (C=O) groups excluding carboxylic acids is 1. The van der Waals surface area contributed by atoms with Crippen molar-refractivity contribution in [3.63, 3.8) is 0 Å². The highest BCUT2D eigenvalue weighted by molar-refractivity contribution is 7.99. The lowest BCUT2D eigenvalue weighted by Crippen LogP contribution is -2.14. The van der Waals surface area contributed by atoms with E-state index in [1.54, 1.807) is 18.9 Å². The van der Waals surface area contributed by atoms with Gasteiger partial charge in [-0.15, -0.1) is 11.8 Å². The van der Waals surface area contributed by atoms with Crippen LogP contribution in [0.2, 0.25) is 0 Å². The third-order valence-electron chi connectivity index (χ3n) is 3.50. The monoisotopic (exact) mass is 329 g/mol. The number of hydrogen-bond acceptors (Lipinski definition) is 3. The molecule has 122 valence electrons. The zero-order chi connectivity index (χ0) is 16.7. The fourth-order valence-electron chi connectivity index (χ4n) is 2.16. The molecular weight excluding hydrogens is 306 g/mol. The Morgan fingerprint density at radius 1 is 1.17 bits per heavy atom. The summed E-state index contributed by atoms with van der Waals surface area (Å²) in [5.74, 6) is 2.56. The average Bonchev–Trinajstić information content (AvgIpc) is 2.55. The highest BCUT2D eigenvalue weighted by Crippen LogP contribution is 2.19. The van der Waals surface area contributed by atoms with E-state index >= 15 is 0 Å². The van der Waals surface area contributed by atoms with E-state index in [0.717, 1.165) is 17.2 Å². The maximum absolute atomic E-state index is 12.0. The molecule has 23 heavy (non-hydrogen) atoms. The van der Waals surface area contributed by atoms with Gasteiger partial charge in [0.05, 0.1) is 12.9 Å². The minimum Gasteiger partial charge on any atom is -0.497 e. The Morgan fingerprint density at radius 2 is 1.91 bits per heavy atom. The topological polar surface area (TPSA) is 38.3 Å². The van der Waals surface area contributed by atoms with Crippen molar-refractivity contribution in [3.05, 3.63) is 59.7 Å². The molecule has 0 aliphatic heterocycles. The molecule has 0 saturated carbocycles. The Hall–Kier alpha value is -1.94. The van der Waals surface area contributed by atoms with Gasteiger partial charge < -0.3 is 10.1 Å². The lowest BCUT2D eigenvalue weighted by atomic mass is 10.0. The average molecular weight is 329 g/mol. The Kier molecular flexibility index (Phi) is 6.53. The SMILES string of the molecule is COc1cccc(NC(=O)CSCc2ccc(C(C)C)cc2)c1. The first-order valence-corrected chi connectivity index (χ1v) is 8.84. The van der Waals surface area contributed by atoms with Gasteiger partial charge in [0.2, 0.25) is 5.91 Å². The summed E-state index contributed by atoms with van der Waals surface area (Å²) in [4.78, 5) is 12.0. The van der Waals surface area contributed by atoms with E-state index in [9.17, 15) is 4.79 Å². The molecule has 0 heterocycles. The molecule has 0 fully saturated rings. The smallest absolute Gasteiger partial charge is 0.234 e. The van der Waals surface area contributed by atoms with Gasteiger partial charge in [-0.05, 0) is 29.2 Å². The van der Waals surface area contributed by atoms with E-state index < -0.39 is 0 Å². The Bertz CT molecular complexity index is 638. The van der Waals surface area contributed by atoms with E-state index in [2.05, 4.69) is 43.4 Å². The summed E-state index contributed by atoms with van der Waals surface area (Å²) in [6.07, 6.45) is 0. The van der Waals surface area contributed by atoms with Crippen molar-refractivity contribution in [1.82, 2.24) is 0 Å². The Labute approximate surface area is 142 Å². The minimum absolute atomic E-state index is 0.00190. The van der Waals surface area contributed by atoms with Crippen molar-refractivity contribution in [2.45, 2.75) is 25.5 Å². The summed E-state index contributed by atoms with van der Waals surface area (Å²) in [6.45, 7) is 4.37. The first-order valence-electron chi connectivity index (χ1n) is 7.69. The van der Waals surface area contributed by atoms with E-state index in [1.807, 2.05) is 24.3 Å². The minimum atomic E-state index is 0.00190. The lowest BCUT2D eigenvalue weighted by Gasteiger charge is -2.08.